The van der Waals surface area contributed by atoms with Gasteiger partial charge in [0.25, 0.3) is 0 Å². The molecule has 0 bridgehead atoms. The number of carbonyl (C=O) groups is 1. The van der Waals surface area contributed by atoms with Crippen LogP contribution in [0.4, 0.5) is 0 Å². The first kappa shape index (κ1) is 13.8. The smallest absolute Gasteiger partial charge is 0.348 e. The summed E-state index contributed by atoms with van der Waals surface area (Å²) in [5, 5.41) is 8.43. The molecule has 0 spiro atoms. The van der Waals surface area contributed by atoms with E-state index >= 15 is 0 Å². The molecule has 0 N–H and O–H groups in total. The van der Waals surface area contributed by atoms with E-state index in [2.05, 4.69) is 6.58 Å². The highest BCUT2D eigenvalue weighted by molar-refractivity contribution is 5.91. The average Bonchev–Trinajstić information content (AvgIpc) is 2.38. The summed E-state index contributed by atoms with van der Waals surface area (Å²) in [7, 11) is 0. The van der Waals surface area contributed by atoms with Gasteiger partial charge in [0.1, 0.15) is 11.6 Å². The molecule has 0 saturated heterocycles. The van der Waals surface area contributed by atoms with E-state index in [0.717, 1.165) is 18.8 Å². The van der Waals surface area contributed by atoms with Crippen molar-refractivity contribution in [3.05, 3.63) is 12.2 Å². The Hall–Kier alpha value is -1.30. The van der Waals surface area contributed by atoms with E-state index in [-0.39, 0.29) is 5.57 Å². The molecule has 0 aromatic rings. The van der Waals surface area contributed by atoms with Crippen LogP contribution < -0.4 is 0 Å². The lowest BCUT2D eigenvalue weighted by atomic mass is 9.86. The molecule has 1 aliphatic carbocycles. The summed E-state index contributed by atoms with van der Waals surface area (Å²) in [5.74, 6) is 0.304. The average molecular weight is 235 g/mol. The van der Waals surface area contributed by atoms with Crippen LogP contribution in [0.1, 0.15) is 51.4 Å². The minimum Gasteiger partial charge on any atom is -0.462 e. The number of rotatable bonds is 6. The second kappa shape index (κ2) is 7.89. The molecular formula is C14H21NO2. The molecule has 1 aliphatic rings. The zero-order chi connectivity index (χ0) is 12.5. The summed E-state index contributed by atoms with van der Waals surface area (Å²) in [5.41, 5.74) is -0.114. The minimum absolute atomic E-state index is 0.114. The third-order valence-electron chi connectivity index (χ3n) is 3.35. The maximum absolute atomic E-state index is 11.1. The van der Waals surface area contributed by atoms with E-state index in [0.29, 0.717) is 6.61 Å². The third kappa shape index (κ3) is 5.53. The first-order valence-corrected chi connectivity index (χ1v) is 6.50. The first-order chi connectivity index (χ1) is 8.24. The van der Waals surface area contributed by atoms with Crippen LogP contribution in [0, 0.1) is 17.2 Å². The second-order valence-corrected chi connectivity index (χ2v) is 4.73. The molecule has 0 aliphatic heterocycles. The minimum atomic E-state index is -0.579. The van der Waals surface area contributed by atoms with E-state index < -0.39 is 5.97 Å². The number of nitriles is 1. The number of ether oxygens (including phenoxy) is 1. The van der Waals surface area contributed by atoms with E-state index in [9.17, 15) is 4.79 Å². The molecular weight excluding hydrogens is 214 g/mol. The zero-order valence-corrected chi connectivity index (χ0v) is 10.4. The van der Waals surface area contributed by atoms with Crippen LogP contribution in [-0.4, -0.2) is 12.6 Å². The summed E-state index contributed by atoms with van der Waals surface area (Å²) in [6.07, 6.45) is 10.1. The van der Waals surface area contributed by atoms with E-state index in [1.54, 1.807) is 6.07 Å². The fourth-order valence-corrected chi connectivity index (χ4v) is 2.31. The Balaban J connectivity index is 1.99. The van der Waals surface area contributed by atoms with Gasteiger partial charge in [0.2, 0.25) is 0 Å². The Bertz CT molecular complexity index is 298. The third-order valence-corrected chi connectivity index (χ3v) is 3.35. The van der Waals surface area contributed by atoms with Gasteiger partial charge in [-0.3, -0.25) is 0 Å². The Morgan fingerprint density at radius 2 is 2.00 bits per heavy atom. The Morgan fingerprint density at radius 3 is 2.65 bits per heavy atom. The maximum Gasteiger partial charge on any atom is 0.348 e. The summed E-state index contributed by atoms with van der Waals surface area (Å²) in [4.78, 5) is 11.1. The van der Waals surface area contributed by atoms with Crippen molar-refractivity contribution in [2.24, 2.45) is 5.92 Å². The second-order valence-electron chi connectivity index (χ2n) is 4.73. The molecule has 1 saturated carbocycles. The monoisotopic (exact) mass is 235 g/mol. The van der Waals surface area contributed by atoms with E-state index in [1.807, 2.05) is 0 Å². The molecule has 1 fully saturated rings. The summed E-state index contributed by atoms with van der Waals surface area (Å²) >= 11 is 0. The molecule has 94 valence electrons. The van der Waals surface area contributed by atoms with E-state index in [1.165, 1.54) is 38.5 Å². The molecule has 3 heteroatoms. The Morgan fingerprint density at radius 1 is 1.29 bits per heavy atom. The van der Waals surface area contributed by atoms with Crippen molar-refractivity contribution in [3.8, 4) is 6.07 Å². The predicted molar refractivity (Wildman–Crippen MR) is 66.1 cm³/mol. The van der Waals surface area contributed by atoms with Gasteiger partial charge in [-0.2, -0.15) is 5.26 Å². The normalized spacial score (nSPS) is 16.2. The fraction of sp³-hybridized carbons (Fsp3) is 0.714. The maximum atomic E-state index is 11.1. The molecule has 3 nitrogen and oxygen atoms in total. The lowest BCUT2D eigenvalue weighted by Crippen LogP contribution is -2.09. The number of carbonyl (C=O) groups excluding carboxylic acids is 1. The fourth-order valence-electron chi connectivity index (χ4n) is 2.31. The number of hydrogen-bond acceptors (Lipinski definition) is 3. The van der Waals surface area contributed by atoms with Crippen LogP contribution >= 0.6 is 0 Å². The van der Waals surface area contributed by atoms with Crippen molar-refractivity contribution in [2.75, 3.05) is 6.61 Å². The molecule has 0 aromatic carbocycles. The highest BCUT2D eigenvalue weighted by atomic mass is 16.5. The molecule has 0 amide bonds. The Labute approximate surface area is 103 Å². The Kier molecular flexibility index (Phi) is 6.39. The van der Waals surface area contributed by atoms with Crippen molar-refractivity contribution >= 4 is 5.97 Å². The molecule has 0 aromatic heterocycles. The topological polar surface area (TPSA) is 50.1 Å². The van der Waals surface area contributed by atoms with Gasteiger partial charge >= 0.3 is 5.97 Å². The number of hydrogen-bond donors (Lipinski definition) is 0. The standard InChI is InChI=1S/C14H21NO2/c1-12(11-15)14(16)17-10-6-5-9-13-7-3-2-4-8-13/h13H,1-10H2. The number of unbranched alkanes of at least 4 members (excludes halogenated alkanes) is 1. The molecule has 0 radical (unpaired) electrons. The largest absolute Gasteiger partial charge is 0.462 e. The SMILES string of the molecule is C=C(C#N)C(=O)OCCCCC1CCCCC1. The van der Waals surface area contributed by atoms with Crippen LogP contribution in [0.2, 0.25) is 0 Å². The van der Waals surface area contributed by atoms with Gasteiger partial charge in [0, 0.05) is 0 Å². The van der Waals surface area contributed by atoms with Gasteiger partial charge in [0.15, 0.2) is 0 Å². The molecule has 0 unspecified atom stereocenters. The van der Waals surface area contributed by atoms with Gasteiger partial charge in [0.05, 0.1) is 6.61 Å². The van der Waals surface area contributed by atoms with Crippen molar-refractivity contribution < 1.29 is 9.53 Å². The molecule has 0 heterocycles. The van der Waals surface area contributed by atoms with E-state index in [4.69, 9.17) is 10.00 Å². The quantitative estimate of drug-likeness (QED) is 0.307. The summed E-state index contributed by atoms with van der Waals surface area (Å²) in [6, 6.07) is 1.69. The van der Waals surface area contributed by atoms with Crippen LogP contribution in [0.5, 0.6) is 0 Å². The van der Waals surface area contributed by atoms with Crippen LogP contribution in [-0.2, 0) is 9.53 Å². The molecule has 0 atom stereocenters. The summed E-state index contributed by atoms with van der Waals surface area (Å²) in [6.45, 7) is 3.72. The van der Waals surface area contributed by atoms with Gasteiger partial charge in [-0.1, -0.05) is 45.1 Å². The molecule has 17 heavy (non-hydrogen) atoms. The predicted octanol–water partition coefficient (Wildman–Crippen LogP) is 3.36. The highest BCUT2D eigenvalue weighted by Gasteiger charge is 2.12. The lowest BCUT2D eigenvalue weighted by molar-refractivity contribution is -0.138. The van der Waals surface area contributed by atoms with Gasteiger partial charge in [-0.15, -0.1) is 0 Å². The van der Waals surface area contributed by atoms with Gasteiger partial charge < -0.3 is 4.74 Å². The van der Waals surface area contributed by atoms with Crippen molar-refractivity contribution in [2.45, 2.75) is 51.4 Å². The number of esters is 1. The highest BCUT2D eigenvalue weighted by Crippen LogP contribution is 2.27. The van der Waals surface area contributed by atoms with Crippen LogP contribution in [0.25, 0.3) is 0 Å². The van der Waals surface area contributed by atoms with Gasteiger partial charge in [-0.05, 0) is 18.8 Å². The number of nitrogens with zero attached hydrogens (tertiary/aromatic N) is 1. The van der Waals surface area contributed by atoms with Crippen LogP contribution in [0.3, 0.4) is 0 Å². The lowest BCUT2D eigenvalue weighted by Gasteiger charge is -2.21. The van der Waals surface area contributed by atoms with Crippen molar-refractivity contribution in [3.63, 3.8) is 0 Å². The van der Waals surface area contributed by atoms with Crippen molar-refractivity contribution in [1.29, 1.82) is 5.26 Å². The first-order valence-electron chi connectivity index (χ1n) is 6.50. The zero-order valence-electron chi connectivity index (χ0n) is 10.4. The summed E-state index contributed by atoms with van der Waals surface area (Å²) < 4.78 is 4.92. The molecule has 1 rings (SSSR count). The van der Waals surface area contributed by atoms with Crippen LogP contribution in [0.15, 0.2) is 12.2 Å². The van der Waals surface area contributed by atoms with Gasteiger partial charge in [-0.25, -0.2) is 4.79 Å². The van der Waals surface area contributed by atoms with Crippen molar-refractivity contribution in [1.82, 2.24) is 0 Å².